The van der Waals surface area contributed by atoms with Crippen molar-refractivity contribution in [1.82, 2.24) is 9.97 Å². The van der Waals surface area contributed by atoms with Gasteiger partial charge in [-0.2, -0.15) is 10.4 Å². The Hall–Kier alpha value is -3.14. The number of ether oxygens (including phenoxy) is 2. The van der Waals surface area contributed by atoms with E-state index in [1.807, 2.05) is 32.0 Å². The molecule has 0 spiro atoms. The minimum Gasteiger partial charge on any atom is -0.493 e. The number of nitriles is 1. The molecule has 0 saturated heterocycles. The van der Waals surface area contributed by atoms with Gasteiger partial charge in [-0.3, -0.25) is 0 Å². The maximum atomic E-state index is 8.55. The van der Waals surface area contributed by atoms with Gasteiger partial charge >= 0.3 is 0 Å². The van der Waals surface area contributed by atoms with E-state index in [2.05, 4.69) is 20.5 Å². The fourth-order valence-corrected chi connectivity index (χ4v) is 1.93. The van der Waals surface area contributed by atoms with Gasteiger partial charge in [0.05, 0.1) is 13.3 Å². The van der Waals surface area contributed by atoms with Gasteiger partial charge in [-0.05, 0) is 43.7 Å². The van der Waals surface area contributed by atoms with Crippen molar-refractivity contribution in [1.29, 1.82) is 5.26 Å². The van der Waals surface area contributed by atoms with E-state index in [-0.39, 0.29) is 6.61 Å². The van der Waals surface area contributed by atoms with E-state index in [0.717, 1.165) is 17.0 Å². The molecule has 0 aliphatic carbocycles. The Balaban J connectivity index is 2.08. The van der Waals surface area contributed by atoms with Crippen LogP contribution < -0.4 is 14.9 Å². The highest BCUT2D eigenvalue weighted by Gasteiger charge is 2.04. The Morgan fingerprint density at radius 2 is 1.96 bits per heavy atom. The van der Waals surface area contributed by atoms with Gasteiger partial charge in [0.15, 0.2) is 18.1 Å². The molecule has 2 aromatic rings. The van der Waals surface area contributed by atoms with Crippen molar-refractivity contribution < 1.29 is 9.47 Å². The standard InChI is InChI=1S/C16H17N5O2/c1-11-8-12(2)20-16(19-11)21-18-10-13-4-5-14(23-7-6-17)15(9-13)22-3/h4-5,8-10H,7H2,1-3H3,(H,19,20,21)/b18-10+. The molecule has 0 saturated carbocycles. The summed E-state index contributed by atoms with van der Waals surface area (Å²) in [6.45, 7) is 3.76. The number of hydrogen-bond acceptors (Lipinski definition) is 7. The van der Waals surface area contributed by atoms with E-state index in [0.29, 0.717) is 17.4 Å². The second-order valence-corrected chi connectivity index (χ2v) is 4.70. The van der Waals surface area contributed by atoms with Crippen LogP contribution in [-0.2, 0) is 0 Å². The van der Waals surface area contributed by atoms with Gasteiger partial charge in [-0.1, -0.05) is 0 Å². The summed E-state index contributed by atoms with van der Waals surface area (Å²) in [5.41, 5.74) is 5.34. The van der Waals surface area contributed by atoms with E-state index in [1.54, 1.807) is 18.3 Å². The second kappa shape index (κ2) is 7.75. The SMILES string of the molecule is COc1cc(/C=N/Nc2nc(C)cc(C)n2)ccc1OCC#N. The number of benzene rings is 1. The zero-order valence-electron chi connectivity index (χ0n) is 13.2. The summed E-state index contributed by atoms with van der Waals surface area (Å²) in [4.78, 5) is 8.47. The van der Waals surface area contributed by atoms with Crippen molar-refractivity contribution in [2.24, 2.45) is 5.10 Å². The number of aromatic nitrogens is 2. The fraction of sp³-hybridized carbons (Fsp3) is 0.250. The number of aryl methyl sites for hydroxylation is 2. The third kappa shape index (κ3) is 4.68. The van der Waals surface area contributed by atoms with Crippen LogP contribution in [-0.4, -0.2) is 29.9 Å². The molecule has 0 radical (unpaired) electrons. The Morgan fingerprint density at radius 3 is 2.61 bits per heavy atom. The molecule has 1 N–H and O–H groups in total. The van der Waals surface area contributed by atoms with Gasteiger partial charge in [0.2, 0.25) is 5.95 Å². The largest absolute Gasteiger partial charge is 0.493 e. The molecular formula is C16H17N5O2. The molecule has 1 aromatic heterocycles. The van der Waals surface area contributed by atoms with E-state index in [1.165, 1.54) is 7.11 Å². The highest BCUT2D eigenvalue weighted by Crippen LogP contribution is 2.27. The van der Waals surface area contributed by atoms with Crippen LogP contribution in [0.1, 0.15) is 17.0 Å². The Kier molecular flexibility index (Phi) is 5.47. The summed E-state index contributed by atoms with van der Waals surface area (Å²) in [7, 11) is 1.54. The molecule has 7 nitrogen and oxygen atoms in total. The van der Waals surface area contributed by atoms with Crippen molar-refractivity contribution in [2.45, 2.75) is 13.8 Å². The zero-order valence-corrected chi connectivity index (χ0v) is 13.2. The molecule has 0 bridgehead atoms. The predicted molar refractivity (Wildman–Crippen MR) is 86.8 cm³/mol. The molecule has 1 heterocycles. The van der Waals surface area contributed by atoms with Crippen LogP contribution in [0.3, 0.4) is 0 Å². The van der Waals surface area contributed by atoms with Crippen molar-refractivity contribution in [3.8, 4) is 17.6 Å². The summed E-state index contributed by atoms with van der Waals surface area (Å²) in [6.07, 6.45) is 1.62. The summed E-state index contributed by atoms with van der Waals surface area (Å²) >= 11 is 0. The molecule has 0 aliphatic rings. The molecule has 0 unspecified atom stereocenters. The first-order valence-corrected chi connectivity index (χ1v) is 6.91. The number of hydrazone groups is 1. The lowest BCUT2D eigenvalue weighted by Gasteiger charge is -2.08. The molecule has 2 rings (SSSR count). The van der Waals surface area contributed by atoms with Gasteiger partial charge in [0.25, 0.3) is 0 Å². The number of nitrogens with zero attached hydrogens (tertiary/aromatic N) is 4. The molecule has 0 amide bonds. The lowest BCUT2D eigenvalue weighted by molar-refractivity contribution is 0.329. The zero-order chi connectivity index (χ0) is 16.7. The molecule has 0 fully saturated rings. The van der Waals surface area contributed by atoms with Crippen LogP contribution in [0.4, 0.5) is 5.95 Å². The molecule has 23 heavy (non-hydrogen) atoms. The lowest BCUT2D eigenvalue weighted by Crippen LogP contribution is -2.00. The van der Waals surface area contributed by atoms with Gasteiger partial charge in [-0.25, -0.2) is 15.4 Å². The average molecular weight is 311 g/mol. The van der Waals surface area contributed by atoms with Crippen molar-refractivity contribution in [3.63, 3.8) is 0 Å². The van der Waals surface area contributed by atoms with Gasteiger partial charge < -0.3 is 9.47 Å². The number of rotatable bonds is 6. The van der Waals surface area contributed by atoms with Crippen molar-refractivity contribution >= 4 is 12.2 Å². The molecule has 0 aliphatic heterocycles. The van der Waals surface area contributed by atoms with E-state index < -0.39 is 0 Å². The Bertz CT molecular complexity index is 732. The number of methoxy groups -OCH3 is 1. The number of nitrogens with one attached hydrogen (secondary N) is 1. The lowest BCUT2D eigenvalue weighted by atomic mass is 10.2. The van der Waals surface area contributed by atoms with Crippen LogP contribution in [0.2, 0.25) is 0 Å². The summed E-state index contributed by atoms with van der Waals surface area (Å²) < 4.78 is 10.5. The van der Waals surface area contributed by atoms with E-state index in [4.69, 9.17) is 14.7 Å². The topological polar surface area (TPSA) is 92.4 Å². The van der Waals surface area contributed by atoms with Crippen molar-refractivity contribution in [3.05, 3.63) is 41.2 Å². The first kappa shape index (κ1) is 16.2. The maximum absolute atomic E-state index is 8.55. The number of hydrogen-bond donors (Lipinski definition) is 1. The van der Waals surface area contributed by atoms with Gasteiger partial charge in [0.1, 0.15) is 6.07 Å². The Morgan fingerprint density at radius 1 is 1.22 bits per heavy atom. The van der Waals surface area contributed by atoms with Gasteiger partial charge in [-0.15, -0.1) is 0 Å². The highest BCUT2D eigenvalue weighted by atomic mass is 16.5. The smallest absolute Gasteiger partial charge is 0.243 e. The maximum Gasteiger partial charge on any atom is 0.243 e. The van der Waals surface area contributed by atoms with Crippen LogP contribution >= 0.6 is 0 Å². The molecular weight excluding hydrogens is 294 g/mol. The van der Waals surface area contributed by atoms with Crippen molar-refractivity contribution in [2.75, 3.05) is 19.1 Å². The summed E-state index contributed by atoms with van der Waals surface area (Å²) in [6, 6.07) is 9.10. The Labute approximate surface area is 134 Å². The molecule has 1 aromatic carbocycles. The first-order valence-electron chi connectivity index (χ1n) is 6.91. The molecule has 0 atom stereocenters. The second-order valence-electron chi connectivity index (χ2n) is 4.70. The van der Waals surface area contributed by atoms with Crippen LogP contribution in [0.15, 0.2) is 29.4 Å². The fourth-order valence-electron chi connectivity index (χ4n) is 1.93. The van der Waals surface area contributed by atoms with Gasteiger partial charge in [0, 0.05) is 11.4 Å². The normalized spacial score (nSPS) is 10.3. The van der Waals surface area contributed by atoms with E-state index >= 15 is 0 Å². The summed E-state index contributed by atoms with van der Waals surface area (Å²) in [5.74, 6) is 1.49. The monoisotopic (exact) mass is 311 g/mol. The quantitative estimate of drug-likeness (QED) is 0.650. The minimum atomic E-state index is -0.0323. The predicted octanol–water partition coefficient (Wildman–Crippen LogP) is 2.45. The average Bonchev–Trinajstić information content (AvgIpc) is 2.52. The highest BCUT2D eigenvalue weighted by molar-refractivity contribution is 5.81. The number of anilines is 1. The van der Waals surface area contributed by atoms with Crippen LogP contribution in [0.5, 0.6) is 11.5 Å². The third-order valence-electron chi connectivity index (χ3n) is 2.84. The summed E-state index contributed by atoms with van der Waals surface area (Å²) in [5, 5.41) is 12.7. The van der Waals surface area contributed by atoms with Crippen LogP contribution in [0, 0.1) is 25.2 Å². The van der Waals surface area contributed by atoms with Crippen LogP contribution in [0.25, 0.3) is 0 Å². The molecule has 118 valence electrons. The molecule has 7 heteroatoms. The minimum absolute atomic E-state index is 0.0323. The third-order valence-corrected chi connectivity index (χ3v) is 2.84. The first-order chi connectivity index (χ1) is 11.1. The van der Waals surface area contributed by atoms with E-state index in [9.17, 15) is 0 Å².